The van der Waals surface area contributed by atoms with Crippen molar-refractivity contribution in [2.24, 2.45) is 0 Å². The van der Waals surface area contributed by atoms with Crippen LogP contribution in [0.5, 0.6) is 0 Å². The van der Waals surface area contributed by atoms with Gasteiger partial charge in [0, 0.05) is 16.7 Å². The van der Waals surface area contributed by atoms with Crippen molar-refractivity contribution >= 4 is 37.5 Å². The predicted molar refractivity (Wildman–Crippen MR) is 83.8 cm³/mol. The first-order chi connectivity index (χ1) is 11.4. The molecule has 0 aliphatic heterocycles. The Morgan fingerprint density at radius 3 is 1.92 bits per heavy atom. The molecule has 11 heteroatoms. The maximum atomic E-state index is 12.6. The molecule has 0 spiro atoms. The van der Waals surface area contributed by atoms with Gasteiger partial charge in [-0.25, -0.2) is 0 Å². The summed E-state index contributed by atoms with van der Waals surface area (Å²) in [5.41, 5.74) is 3.96. The molecule has 0 amide bonds. The van der Waals surface area contributed by atoms with Crippen molar-refractivity contribution in [1.82, 2.24) is 0 Å². The third-order valence-electron chi connectivity index (χ3n) is 3.73. The van der Waals surface area contributed by atoms with E-state index in [1.54, 1.807) is 0 Å². The van der Waals surface area contributed by atoms with Crippen LogP contribution in [0, 0.1) is 0 Å². The minimum Gasteiger partial charge on any atom is -0.397 e. The number of nitrogen functional groups attached to an aromatic ring is 1. The molecule has 0 fully saturated rings. The zero-order valence-electron chi connectivity index (χ0n) is 12.1. The molecule has 2 aromatic rings. The van der Waals surface area contributed by atoms with E-state index in [0.29, 0.717) is 0 Å². The van der Waals surface area contributed by atoms with E-state index in [1.165, 1.54) is 0 Å². The predicted octanol–water partition coefficient (Wildman–Crippen LogP) is 0.538. The van der Waals surface area contributed by atoms with E-state index in [-0.39, 0.29) is 16.7 Å². The number of carbonyl (C=O) groups is 2. The van der Waals surface area contributed by atoms with Crippen LogP contribution in [0.4, 0.5) is 5.69 Å². The number of anilines is 1. The van der Waals surface area contributed by atoms with E-state index in [4.69, 9.17) is 14.8 Å². The van der Waals surface area contributed by atoms with E-state index in [9.17, 15) is 26.4 Å². The Morgan fingerprint density at radius 1 is 0.760 bits per heavy atom. The number of ketones is 2. The number of benzene rings is 2. The molecule has 0 saturated carbocycles. The van der Waals surface area contributed by atoms with Gasteiger partial charge in [-0.15, -0.1) is 0 Å². The standard InChI is InChI=1S/C14H9NO8S2/c15-12-10(25(21,22)23)4-3-8-11(12)14(17)7-2-1-6(24(18,19)20)5-9(7)13(8)16/h1-5H,15H2,(H,18,19,20)(H,21,22,23). The van der Waals surface area contributed by atoms with E-state index >= 15 is 0 Å². The van der Waals surface area contributed by atoms with Gasteiger partial charge in [-0.05, 0) is 30.3 Å². The number of hydrogen-bond donors (Lipinski definition) is 3. The summed E-state index contributed by atoms with van der Waals surface area (Å²) in [6.45, 7) is 0. The Balaban J connectivity index is 2.32. The molecule has 25 heavy (non-hydrogen) atoms. The second-order valence-electron chi connectivity index (χ2n) is 5.22. The SMILES string of the molecule is Nc1c(S(=O)(=O)O)ccc2c1C(=O)c1ccc(S(=O)(=O)O)cc1C2=O. The van der Waals surface area contributed by atoms with Gasteiger partial charge in [0.1, 0.15) is 4.90 Å². The molecule has 0 atom stereocenters. The van der Waals surface area contributed by atoms with Crippen molar-refractivity contribution in [3.63, 3.8) is 0 Å². The van der Waals surface area contributed by atoms with Gasteiger partial charge in [0.05, 0.1) is 16.1 Å². The second kappa shape index (κ2) is 5.20. The molecule has 2 aromatic carbocycles. The summed E-state index contributed by atoms with van der Waals surface area (Å²) >= 11 is 0. The zero-order valence-corrected chi connectivity index (χ0v) is 13.8. The van der Waals surface area contributed by atoms with Gasteiger partial charge in [-0.2, -0.15) is 16.8 Å². The summed E-state index contributed by atoms with van der Waals surface area (Å²) in [5.74, 6) is -1.59. The molecule has 9 nitrogen and oxygen atoms in total. The van der Waals surface area contributed by atoms with Gasteiger partial charge >= 0.3 is 0 Å². The first-order valence-electron chi connectivity index (χ1n) is 6.54. The smallest absolute Gasteiger partial charge is 0.296 e. The second-order valence-corrected chi connectivity index (χ2v) is 8.03. The minimum absolute atomic E-state index is 0.205. The number of rotatable bonds is 2. The lowest BCUT2D eigenvalue weighted by Crippen LogP contribution is -2.24. The van der Waals surface area contributed by atoms with Crippen LogP contribution in [0.15, 0.2) is 40.1 Å². The Morgan fingerprint density at radius 2 is 1.36 bits per heavy atom. The lowest BCUT2D eigenvalue weighted by atomic mass is 9.83. The fourth-order valence-corrected chi connectivity index (χ4v) is 3.74. The Hall–Kier alpha value is -2.60. The highest BCUT2D eigenvalue weighted by Gasteiger charge is 2.34. The molecule has 0 heterocycles. The third-order valence-corrected chi connectivity index (χ3v) is 5.49. The fraction of sp³-hybridized carbons (Fsp3) is 0. The van der Waals surface area contributed by atoms with Gasteiger partial charge in [-0.3, -0.25) is 18.7 Å². The van der Waals surface area contributed by atoms with Crippen molar-refractivity contribution in [2.75, 3.05) is 5.73 Å². The maximum absolute atomic E-state index is 12.6. The van der Waals surface area contributed by atoms with Crippen LogP contribution in [0.2, 0.25) is 0 Å². The summed E-state index contributed by atoms with van der Waals surface area (Å²) in [6, 6.07) is 4.65. The van der Waals surface area contributed by atoms with Crippen LogP contribution < -0.4 is 5.73 Å². The molecule has 1 aliphatic carbocycles. The van der Waals surface area contributed by atoms with Crippen LogP contribution >= 0.6 is 0 Å². The highest BCUT2D eigenvalue weighted by Crippen LogP contribution is 2.35. The Bertz CT molecular complexity index is 1180. The van der Waals surface area contributed by atoms with Crippen molar-refractivity contribution in [1.29, 1.82) is 0 Å². The van der Waals surface area contributed by atoms with Crippen LogP contribution in [0.3, 0.4) is 0 Å². The van der Waals surface area contributed by atoms with Crippen molar-refractivity contribution in [2.45, 2.75) is 9.79 Å². The fourth-order valence-electron chi connectivity index (χ4n) is 2.61. The highest BCUT2D eigenvalue weighted by atomic mass is 32.2. The quantitative estimate of drug-likeness (QED) is 0.422. The molecule has 1 aliphatic rings. The maximum Gasteiger partial charge on any atom is 0.296 e. The van der Waals surface area contributed by atoms with Gasteiger partial charge in [0.25, 0.3) is 20.2 Å². The van der Waals surface area contributed by atoms with E-state index in [0.717, 1.165) is 30.3 Å². The van der Waals surface area contributed by atoms with Crippen molar-refractivity contribution in [3.8, 4) is 0 Å². The molecule has 0 unspecified atom stereocenters. The van der Waals surface area contributed by atoms with Gasteiger partial charge in [0.15, 0.2) is 11.6 Å². The number of nitrogens with two attached hydrogens (primary N) is 1. The van der Waals surface area contributed by atoms with Gasteiger partial charge in [0.2, 0.25) is 0 Å². The zero-order chi connectivity index (χ0) is 18.7. The molecule has 130 valence electrons. The van der Waals surface area contributed by atoms with E-state index < -0.39 is 52.8 Å². The molecular weight excluding hydrogens is 374 g/mol. The average molecular weight is 383 g/mol. The third kappa shape index (κ3) is 2.62. The number of carbonyl (C=O) groups excluding carboxylic acids is 2. The molecule has 0 saturated heterocycles. The summed E-state index contributed by atoms with van der Waals surface area (Å²) < 4.78 is 63.3. The molecule has 0 bridgehead atoms. The normalized spacial score (nSPS) is 14.2. The van der Waals surface area contributed by atoms with Gasteiger partial charge in [-0.1, -0.05) is 0 Å². The summed E-state index contributed by atoms with van der Waals surface area (Å²) in [7, 11) is -9.30. The summed E-state index contributed by atoms with van der Waals surface area (Å²) in [4.78, 5) is 23.9. The highest BCUT2D eigenvalue weighted by molar-refractivity contribution is 7.86. The Labute approximate surface area is 141 Å². The number of hydrogen-bond acceptors (Lipinski definition) is 7. The average Bonchev–Trinajstić information content (AvgIpc) is 2.49. The first kappa shape index (κ1) is 17.2. The van der Waals surface area contributed by atoms with Crippen LogP contribution in [0.1, 0.15) is 31.8 Å². The van der Waals surface area contributed by atoms with Gasteiger partial charge < -0.3 is 5.73 Å². The lowest BCUT2D eigenvalue weighted by Gasteiger charge is -2.20. The molecular formula is C14H9NO8S2. The monoisotopic (exact) mass is 383 g/mol. The minimum atomic E-state index is -4.71. The molecule has 0 radical (unpaired) electrons. The van der Waals surface area contributed by atoms with Crippen LogP contribution in [0.25, 0.3) is 0 Å². The van der Waals surface area contributed by atoms with Crippen LogP contribution in [-0.4, -0.2) is 37.5 Å². The summed E-state index contributed by atoms with van der Waals surface area (Å²) in [5, 5.41) is 0. The number of fused-ring (bicyclic) bond motifs is 2. The topological polar surface area (TPSA) is 169 Å². The largest absolute Gasteiger partial charge is 0.397 e. The Kier molecular flexibility index (Phi) is 3.58. The molecule has 4 N–H and O–H groups in total. The van der Waals surface area contributed by atoms with Crippen LogP contribution in [-0.2, 0) is 20.2 Å². The van der Waals surface area contributed by atoms with E-state index in [2.05, 4.69) is 0 Å². The van der Waals surface area contributed by atoms with E-state index in [1.807, 2.05) is 0 Å². The summed E-state index contributed by atoms with van der Waals surface area (Å²) in [6.07, 6.45) is 0. The van der Waals surface area contributed by atoms with Crippen molar-refractivity contribution < 1.29 is 35.5 Å². The van der Waals surface area contributed by atoms with Crippen molar-refractivity contribution in [3.05, 3.63) is 52.6 Å². The molecule has 3 rings (SSSR count). The first-order valence-corrected chi connectivity index (χ1v) is 9.42. The lowest BCUT2D eigenvalue weighted by molar-refractivity contribution is 0.0979. The molecule has 0 aromatic heterocycles.